The van der Waals surface area contributed by atoms with Crippen LogP contribution in [0.3, 0.4) is 0 Å². The third-order valence-electron chi connectivity index (χ3n) is 2.03. The van der Waals surface area contributed by atoms with Gasteiger partial charge in [-0.1, -0.05) is 23.7 Å². The molecule has 1 rings (SSSR count). The maximum atomic E-state index is 10.9. The quantitative estimate of drug-likeness (QED) is 0.721. The van der Waals surface area contributed by atoms with Crippen LogP contribution in [0.2, 0.25) is 5.02 Å². The van der Waals surface area contributed by atoms with Gasteiger partial charge in [-0.05, 0) is 30.5 Å². The second-order valence-electron chi connectivity index (χ2n) is 3.17. The van der Waals surface area contributed by atoms with E-state index in [0.717, 1.165) is 11.1 Å². The summed E-state index contributed by atoms with van der Waals surface area (Å²) in [5.74, 6) is -0.207. The topological polar surface area (TPSA) is 26.3 Å². The van der Waals surface area contributed by atoms with Crippen molar-refractivity contribution < 1.29 is 9.53 Å². The molecule has 0 spiro atoms. The summed E-state index contributed by atoms with van der Waals surface area (Å²) in [5.41, 5.74) is 2.11. The van der Waals surface area contributed by atoms with Crippen LogP contribution in [0, 0.1) is 6.92 Å². The van der Waals surface area contributed by atoms with Gasteiger partial charge in [0.25, 0.3) is 0 Å². The molecule has 0 amide bonds. The Morgan fingerprint density at radius 3 is 2.79 bits per heavy atom. The lowest BCUT2D eigenvalue weighted by molar-refractivity contribution is -0.140. The van der Waals surface area contributed by atoms with E-state index in [0.29, 0.717) is 17.9 Å². The summed E-state index contributed by atoms with van der Waals surface area (Å²) in [4.78, 5) is 10.9. The summed E-state index contributed by atoms with van der Waals surface area (Å²) in [5, 5.41) is 0.717. The largest absolute Gasteiger partial charge is 0.469 e. The van der Waals surface area contributed by atoms with Gasteiger partial charge in [0.2, 0.25) is 0 Å². The van der Waals surface area contributed by atoms with Gasteiger partial charge in [-0.2, -0.15) is 0 Å². The Hall–Kier alpha value is -1.02. The normalized spacial score (nSPS) is 9.93. The van der Waals surface area contributed by atoms with Crippen LogP contribution >= 0.6 is 11.6 Å². The number of esters is 1. The van der Waals surface area contributed by atoms with Crippen molar-refractivity contribution in [3.8, 4) is 0 Å². The monoisotopic (exact) mass is 212 g/mol. The summed E-state index contributed by atoms with van der Waals surface area (Å²) in [6.07, 6.45) is 1.01. The molecule has 0 heterocycles. The highest BCUT2D eigenvalue weighted by atomic mass is 35.5. The van der Waals surface area contributed by atoms with Gasteiger partial charge < -0.3 is 4.74 Å². The predicted octanol–water partition coefficient (Wildman–Crippen LogP) is 2.75. The molecule has 0 fully saturated rings. The molecule has 0 radical (unpaired) electrons. The number of ether oxygens (including phenoxy) is 1. The van der Waals surface area contributed by atoms with Gasteiger partial charge in [0, 0.05) is 11.4 Å². The van der Waals surface area contributed by atoms with Crippen LogP contribution in [0.25, 0.3) is 0 Å². The number of carbonyl (C=O) groups is 1. The lowest BCUT2D eigenvalue weighted by Gasteiger charge is -2.04. The smallest absolute Gasteiger partial charge is 0.305 e. The summed E-state index contributed by atoms with van der Waals surface area (Å²) < 4.78 is 4.55. The van der Waals surface area contributed by atoms with Crippen LogP contribution < -0.4 is 0 Å². The predicted molar refractivity (Wildman–Crippen MR) is 56.5 cm³/mol. The summed E-state index contributed by atoms with van der Waals surface area (Å²) in [7, 11) is 1.39. The summed E-state index contributed by atoms with van der Waals surface area (Å²) >= 11 is 6.00. The first-order chi connectivity index (χ1) is 6.63. The first kappa shape index (κ1) is 11.1. The molecule has 0 unspecified atom stereocenters. The van der Waals surface area contributed by atoms with Crippen molar-refractivity contribution in [3.63, 3.8) is 0 Å². The number of aryl methyl sites for hydroxylation is 2. The molecule has 14 heavy (non-hydrogen) atoms. The van der Waals surface area contributed by atoms with Gasteiger partial charge in [0.15, 0.2) is 0 Å². The van der Waals surface area contributed by atoms with E-state index < -0.39 is 0 Å². The van der Waals surface area contributed by atoms with Crippen molar-refractivity contribution in [2.75, 3.05) is 7.11 Å². The van der Waals surface area contributed by atoms with Crippen molar-refractivity contribution >= 4 is 17.6 Å². The minimum atomic E-state index is -0.207. The first-order valence-corrected chi connectivity index (χ1v) is 4.83. The second-order valence-corrected chi connectivity index (χ2v) is 3.58. The molecule has 3 heteroatoms. The Balaban J connectivity index is 2.63. The second kappa shape index (κ2) is 5.01. The van der Waals surface area contributed by atoms with Crippen molar-refractivity contribution in [2.45, 2.75) is 19.8 Å². The number of carbonyl (C=O) groups excluding carboxylic acids is 1. The van der Waals surface area contributed by atoms with Crippen molar-refractivity contribution in [1.82, 2.24) is 0 Å². The van der Waals surface area contributed by atoms with Crippen molar-refractivity contribution in [2.24, 2.45) is 0 Å². The Morgan fingerprint density at radius 1 is 1.50 bits per heavy atom. The molecule has 0 aliphatic heterocycles. The van der Waals surface area contributed by atoms with E-state index in [1.807, 2.05) is 25.1 Å². The number of hydrogen-bond acceptors (Lipinski definition) is 2. The maximum Gasteiger partial charge on any atom is 0.305 e. The molecule has 0 atom stereocenters. The van der Waals surface area contributed by atoms with Gasteiger partial charge in [-0.15, -0.1) is 0 Å². The molecule has 1 aromatic rings. The molecule has 76 valence electrons. The zero-order valence-corrected chi connectivity index (χ0v) is 9.10. The third-order valence-corrected chi connectivity index (χ3v) is 2.39. The van der Waals surface area contributed by atoms with Crippen molar-refractivity contribution in [1.29, 1.82) is 0 Å². The van der Waals surface area contributed by atoms with Crippen LogP contribution in [-0.4, -0.2) is 13.1 Å². The summed E-state index contributed by atoms with van der Waals surface area (Å²) in [6.45, 7) is 1.98. The fraction of sp³-hybridized carbons (Fsp3) is 0.364. The molecule has 0 saturated heterocycles. The van der Waals surface area contributed by atoms with Crippen LogP contribution in [0.4, 0.5) is 0 Å². The van der Waals surface area contributed by atoms with Crippen LogP contribution in [0.5, 0.6) is 0 Å². The number of methoxy groups -OCH3 is 1. The molecule has 0 N–H and O–H groups in total. The zero-order valence-electron chi connectivity index (χ0n) is 8.34. The van der Waals surface area contributed by atoms with E-state index >= 15 is 0 Å². The Labute approximate surface area is 88.8 Å². The molecule has 0 saturated carbocycles. The highest BCUT2D eigenvalue weighted by Crippen LogP contribution is 2.18. The lowest BCUT2D eigenvalue weighted by atomic mass is 10.1. The van der Waals surface area contributed by atoms with Gasteiger partial charge in [0.05, 0.1) is 7.11 Å². The standard InChI is InChI=1S/C11H13ClO2/c1-8-3-4-9(10(12)7-8)5-6-11(13)14-2/h3-4,7H,5-6H2,1-2H3. The van der Waals surface area contributed by atoms with E-state index in [1.165, 1.54) is 7.11 Å². The Bertz CT molecular complexity index is 334. The average molecular weight is 213 g/mol. The molecular weight excluding hydrogens is 200 g/mol. The molecule has 0 bridgehead atoms. The maximum absolute atomic E-state index is 10.9. The van der Waals surface area contributed by atoms with E-state index in [4.69, 9.17) is 11.6 Å². The van der Waals surface area contributed by atoms with Crippen molar-refractivity contribution in [3.05, 3.63) is 34.3 Å². The van der Waals surface area contributed by atoms with E-state index in [9.17, 15) is 4.79 Å². The average Bonchev–Trinajstić information content (AvgIpc) is 2.16. The minimum Gasteiger partial charge on any atom is -0.469 e. The van der Waals surface area contributed by atoms with Gasteiger partial charge in [-0.3, -0.25) is 4.79 Å². The molecule has 0 aliphatic rings. The molecule has 2 nitrogen and oxygen atoms in total. The van der Waals surface area contributed by atoms with Gasteiger partial charge in [-0.25, -0.2) is 0 Å². The van der Waals surface area contributed by atoms with Gasteiger partial charge >= 0.3 is 5.97 Å². The first-order valence-electron chi connectivity index (χ1n) is 4.45. The highest BCUT2D eigenvalue weighted by Gasteiger charge is 2.04. The highest BCUT2D eigenvalue weighted by molar-refractivity contribution is 6.31. The summed E-state index contributed by atoms with van der Waals surface area (Å²) in [6, 6.07) is 5.83. The van der Waals surface area contributed by atoms with Crippen LogP contribution in [0.15, 0.2) is 18.2 Å². The van der Waals surface area contributed by atoms with Gasteiger partial charge in [0.1, 0.15) is 0 Å². The van der Waals surface area contributed by atoms with E-state index in [2.05, 4.69) is 4.74 Å². The molecular formula is C11H13ClO2. The third kappa shape index (κ3) is 3.04. The Kier molecular flexibility index (Phi) is 3.96. The number of hydrogen-bond donors (Lipinski definition) is 0. The fourth-order valence-electron chi connectivity index (χ4n) is 1.19. The molecule has 1 aromatic carbocycles. The van der Waals surface area contributed by atoms with E-state index in [-0.39, 0.29) is 5.97 Å². The minimum absolute atomic E-state index is 0.207. The number of halogens is 1. The van der Waals surface area contributed by atoms with Crippen LogP contribution in [-0.2, 0) is 16.0 Å². The SMILES string of the molecule is COC(=O)CCc1ccc(C)cc1Cl. The fourth-order valence-corrected chi connectivity index (χ4v) is 1.52. The molecule has 0 aromatic heterocycles. The number of rotatable bonds is 3. The Morgan fingerprint density at radius 2 is 2.21 bits per heavy atom. The number of benzene rings is 1. The lowest BCUT2D eigenvalue weighted by Crippen LogP contribution is -2.02. The van der Waals surface area contributed by atoms with Crippen LogP contribution in [0.1, 0.15) is 17.5 Å². The van der Waals surface area contributed by atoms with E-state index in [1.54, 1.807) is 0 Å². The molecule has 0 aliphatic carbocycles. The zero-order chi connectivity index (χ0) is 10.6.